The minimum atomic E-state index is 0.0886. The third-order valence-electron chi connectivity index (χ3n) is 2.76. The Kier molecular flexibility index (Phi) is 6.30. The first-order valence-corrected chi connectivity index (χ1v) is 6.61. The Morgan fingerprint density at radius 1 is 1.11 bits per heavy atom. The predicted molar refractivity (Wildman–Crippen MR) is 79.8 cm³/mol. The monoisotopic (exact) mass is 260 g/mol. The van der Waals surface area contributed by atoms with Gasteiger partial charge in [-0.2, -0.15) is 0 Å². The fraction of sp³-hybridized carbons (Fsp3) is 0.438. The molecule has 0 unspecified atom stereocenters. The average molecular weight is 260 g/mol. The van der Waals surface area contributed by atoms with Gasteiger partial charge in [-0.25, -0.2) is 0 Å². The minimum Gasteiger partial charge on any atom is -0.334 e. The molecule has 0 fully saturated rings. The minimum absolute atomic E-state index is 0.0886. The molecule has 0 saturated carbocycles. The number of rotatable bonds is 6. The number of carbonyl (C=O) groups excluding carboxylic acids is 1. The SMILES string of the molecule is CC(C)=CC(=O)N(CCN(C)C)Cc1ccccc1. The molecule has 1 aromatic carbocycles. The lowest BCUT2D eigenvalue weighted by atomic mass is 10.2. The van der Waals surface area contributed by atoms with E-state index in [1.165, 1.54) is 0 Å². The number of carbonyl (C=O) groups is 1. The number of benzene rings is 1. The molecule has 19 heavy (non-hydrogen) atoms. The highest BCUT2D eigenvalue weighted by atomic mass is 16.2. The van der Waals surface area contributed by atoms with Crippen LogP contribution in [0, 0.1) is 0 Å². The smallest absolute Gasteiger partial charge is 0.246 e. The predicted octanol–water partition coefficient (Wildman–Crippen LogP) is 2.54. The van der Waals surface area contributed by atoms with E-state index in [-0.39, 0.29) is 5.91 Å². The van der Waals surface area contributed by atoms with Crippen molar-refractivity contribution in [2.45, 2.75) is 20.4 Å². The number of amides is 1. The van der Waals surface area contributed by atoms with Gasteiger partial charge in [0.25, 0.3) is 0 Å². The van der Waals surface area contributed by atoms with Gasteiger partial charge in [0.1, 0.15) is 0 Å². The standard InChI is InChI=1S/C16H24N2O/c1-14(2)12-16(19)18(11-10-17(3)4)13-15-8-6-5-7-9-15/h5-9,12H,10-11,13H2,1-4H3. The Bertz CT molecular complexity index is 420. The highest BCUT2D eigenvalue weighted by Gasteiger charge is 2.11. The summed E-state index contributed by atoms with van der Waals surface area (Å²) in [6.07, 6.45) is 1.71. The summed E-state index contributed by atoms with van der Waals surface area (Å²) in [6, 6.07) is 10.1. The summed E-state index contributed by atoms with van der Waals surface area (Å²) in [4.78, 5) is 16.2. The van der Waals surface area contributed by atoms with Crippen LogP contribution in [-0.4, -0.2) is 42.9 Å². The molecule has 1 amide bonds. The number of likely N-dealkylation sites (N-methyl/N-ethyl adjacent to an activating group) is 1. The molecule has 0 aliphatic carbocycles. The molecule has 0 atom stereocenters. The van der Waals surface area contributed by atoms with E-state index in [0.717, 1.165) is 24.2 Å². The van der Waals surface area contributed by atoms with Crippen molar-refractivity contribution in [1.29, 1.82) is 0 Å². The zero-order chi connectivity index (χ0) is 14.3. The molecule has 0 N–H and O–H groups in total. The second-order valence-electron chi connectivity index (χ2n) is 5.27. The first-order chi connectivity index (χ1) is 8.99. The number of hydrogen-bond donors (Lipinski definition) is 0. The Morgan fingerprint density at radius 3 is 2.26 bits per heavy atom. The quantitative estimate of drug-likeness (QED) is 0.734. The molecule has 0 aliphatic rings. The molecule has 0 radical (unpaired) electrons. The zero-order valence-electron chi connectivity index (χ0n) is 12.4. The molecule has 3 nitrogen and oxygen atoms in total. The van der Waals surface area contributed by atoms with Gasteiger partial charge >= 0.3 is 0 Å². The average Bonchev–Trinajstić information content (AvgIpc) is 2.34. The van der Waals surface area contributed by atoms with Crippen LogP contribution in [0.5, 0.6) is 0 Å². The first-order valence-electron chi connectivity index (χ1n) is 6.61. The summed E-state index contributed by atoms with van der Waals surface area (Å²) in [5.41, 5.74) is 2.20. The second kappa shape index (κ2) is 7.74. The summed E-state index contributed by atoms with van der Waals surface area (Å²) in [6.45, 7) is 6.17. The summed E-state index contributed by atoms with van der Waals surface area (Å²) in [5.74, 6) is 0.0886. The molecule has 0 heterocycles. The number of nitrogens with zero attached hydrogens (tertiary/aromatic N) is 2. The Balaban J connectivity index is 2.74. The van der Waals surface area contributed by atoms with Crippen molar-refractivity contribution in [3.05, 3.63) is 47.5 Å². The molecule has 0 bridgehead atoms. The highest BCUT2D eigenvalue weighted by molar-refractivity contribution is 5.88. The zero-order valence-corrected chi connectivity index (χ0v) is 12.4. The fourth-order valence-corrected chi connectivity index (χ4v) is 1.73. The van der Waals surface area contributed by atoms with E-state index in [9.17, 15) is 4.79 Å². The maximum absolute atomic E-state index is 12.2. The van der Waals surface area contributed by atoms with Crippen molar-refractivity contribution in [3.8, 4) is 0 Å². The molecular weight excluding hydrogens is 236 g/mol. The van der Waals surface area contributed by atoms with E-state index >= 15 is 0 Å². The van der Waals surface area contributed by atoms with Crippen LogP contribution in [0.4, 0.5) is 0 Å². The van der Waals surface area contributed by atoms with Gasteiger partial charge in [-0.15, -0.1) is 0 Å². The Labute approximate surface area is 116 Å². The third-order valence-corrected chi connectivity index (χ3v) is 2.76. The number of hydrogen-bond acceptors (Lipinski definition) is 2. The van der Waals surface area contributed by atoms with E-state index in [1.54, 1.807) is 6.08 Å². The van der Waals surface area contributed by atoms with Crippen LogP contribution in [0.25, 0.3) is 0 Å². The van der Waals surface area contributed by atoms with E-state index < -0.39 is 0 Å². The normalized spacial score (nSPS) is 10.4. The van der Waals surface area contributed by atoms with Gasteiger partial charge in [0.2, 0.25) is 5.91 Å². The van der Waals surface area contributed by atoms with Crippen molar-refractivity contribution in [3.63, 3.8) is 0 Å². The lowest BCUT2D eigenvalue weighted by molar-refractivity contribution is -0.126. The number of allylic oxidation sites excluding steroid dienone is 1. The molecule has 104 valence electrons. The Morgan fingerprint density at radius 2 is 1.74 bits per heavy atom. The van der Waals surface area contributed by atoms with Crippen molar-refractivity contribution >= 4 is 5.91 Å². The molecule has 3 heteroatoms. The summed E-state index contributed by atoms with van der Waals surface area (Å²) in [5, 5.41) is 0. The topological polar surface area (TPSA) is 23.6 Å². The largest absolute Gasteiger partial charge is 0.334 e. The van der Waals surface area contributed by atoms with Crippen LogP contribution in [0.1, 0.15) is 19.4 Å². The molecule has 0 aliphatic heterocycles. The van der Waals surface area contributed by atoms with E-state index in [0.29, 0.717) is 6.54 Å². The van der Waals surface area contributed by atoms with E-state index in [1.807, 2.05) is 51.0 Å². The van der Waals surface area contributed by atoms with Gasteiger partial charge in [-0.1, -0.05) is 35.9 Å². The van der Waals surface area contributed by atoms with Gasteiger partial charge in [0, 0.05) is 25.7 Å². The molecule has 1 rings (SSSR count). The first kappa shape index (κ1) is 15.4. The van der Waals surface area contributed by atoms with Crippen LogP contribution in [0.15, 0.2) is 42.0 Å². The van der Waals surface area contributed by atoms with Crippen LogP contribution in [0.2, 0.25) is 0 Å². The summed E-state index contributed by atoms with van der Waals surface area (Å²) >= 11 is 0. The van der Waals surface area contributed by atoms with E-state index in [2.05, 4.69) is 17.0 Å². The highest BCUT2D eigenvalue weighted by Crippen LogP contribution is 2.06. The van der Waals surface area contributed by atoms with Crippen molar-refractivity contribution in [2.24, 2.45) is 0 Å². The van der Waals surface area contributed by atoms with Crippen molar-refractivity contribution < 1.29 is 4.79 Å². The maximum atomic E-state index is 12.2. The van der Waals surface area contributed by atoms with Gasteiger partial charge in [0.15, 0.2) is 0 Å². The molecule has 0 spiro atoms. The Hall–Kier alpha value is -1.61. The molecule has 0 saturated heterocycles. The van der Waals surface area contributed by atoms with Crippen molar-refractivity contribution in [1.82, 2.24) is 9.80 Å². The lowest BCUT2D eigenvalue weighted by Crippen LogP contribution is -2.35. The summed E-state index contributed by atoms with van der Waals surface area (Å²) in [7, 11) is 4.04. The lowest BCUT2D eigenvalue weighted by Gasteiger charge is -2.23. The fourth-order valence-electron chi connectivity index (χ4n) is 1.73. The molecular formula is C16H24N2O. The maximum Gasteiger partial charge on any atom is 0.246 e. The van der Waals surface area contributed by atoms with Crippen LogP contribution in [0.3, 0.4) is 0 Å². The molecule has 0 aromatic heterocycles. The molecule has 1 aromatic rings. The van der Waals surface area contributed by atoms with Crippen LogP contribution in [-0.2, 0) is 11.3 Å². The third kappa shape index (κ3) is 6.20. The second-order valence-corrected chi connectivity index (χ2v) is 5.27. The summed E-state index contributed by atoms with van der Waals surface area (Å²) < 4.78 is 0. The van der Waals surface area contributed by atoms with Crippen LogP contribution >= 0.6 is 0 Å². The van der Waals surface area contributed by atoms with E-state index in [4.69, 9.17) is 0 Å². The van der Waals surface area contributed by atoms with Crippen molar-refractivity contribution in [2.75, 3.05) is 27.2 Å². The van der Waals surface area contributed by atoms with Gasteiger partial charge in [0.05, 0.1) is 0 Å². The van der Waals surface area contributed by atoms with Crippen LogP contribution < -0.4 is 0 Å². The van der Waals surface area contributed by atoms with Gasteiger partial charge in [-0.3, -0.25) is 4.79 Å². The van der Waals surface area contributed by atoms with Gasteiger partial charge in [-0.05, 0) is 33.5 Å². The van der Waals surface area contributed by atoms with Gasteiger partial charge < -0.3 is 9.80 Å².